The molecule has 1 aromatic carbocycles. The number of hydrogen-bond donors (Lipinski definition) is 1. The highest BCUT2D eigenvalue weighted by Gasteiger charge is 2.19. The van der Waals surface area contributed by atoms with Crippen LogP contribution in [0.25, 0.3) is 0 Å². The molecule has 1 atom stereocenters. The molecule has 5 nitrogen and oxygen atoms in total. The monoisotopic (exact) mass is 331 g/mol. The predicted octanol–water partition coefficient (Wildman–Crippen LogP) is 1.80. The van der Waals surface area contributed by atoms with E-state index in [2.05, 4.69) is 46.3 Å². The fourth-order valence-electron chi connectivity index (χ4n) is 3.44. The van der Waals surface area contributed by atoms with E-state index in [1.165, 1.54) is 11.3 Å². The van der Waals surface area contributed by atoms with Crippen LogP contribution in [0.3, 0.4) is 0 Å². The Morgan fingerprint density at radius 3 is 2.83 bits per heavy atom. The SMILES string of the molecule is Cc1cccc(N2CCN(CCC(=O)NC[C@@H]3CCCO3)CC2)c1. The second-order valence-electron chi connectivity index (χ2n) is 6.86. The van der Waals surface area contributed by atoms with Crippen LogP contribution in [0.4, 0.5) is 5.69 Å². The fourth-order valence-corrected chi connectivity index (χ4v) is 3.44. The minimum atomic E-state index is 0.145. The fraction of sp³-hybridized carbons (Fsp3) is 0.632. The maximum atomic E-state index is 12.0. The summed E-state index contributed by atoms with van der Waals surface area (Å²) in [6, 6.07) is 8.68. The van der Waals surface area contributed by atoms with Crippen molar-refractivity contribution < 1.29 is 9.53 Å². The Labute approximate surface area is 145 Å². The molecule has 1 aromatic rings. The average Bonchev–Trinajstić information content (AvgIpc) is 3.12. The van der Waals surface area contributed by atoms with Crippen molar-refractivity contribution in [3.63, 3.8) is 0 Å². The molecule has 2 fully saturated rings. The maximum absolute atomic E-state index is 12.0. The molecule has 0 spiro atoms. The van der Waals surface area contributed by atoms with Crippen molar-refractivity contribution in [1.82, 2.24) is 10.2 Å². The lowest BCUT2D eigenvalue weighted by Crippen LogP contribution is -2.47. The molecule has 0 aliphatic carbocycles. The first kappa shape index (κ1) is 17.2. The van der Waals surface area contributed by atoms with E-state index in [1.54, 1.807) is 0 Å². The normalized spacial score (nSPS) is 21.9. The van der Waals surface area contributed by atoms with Gasteiger partial charge in [0.25, 0.3) is 0 Å². The van der Waals surface area contributed by atoms with Gasteiger partial charge >= 0.3 is 0 Å². The summed E-state index contributed by atoms with van der Waals surface area (Å²) in [5, 5.41) is 3.00. The zero-order chi connectivity index (χ0) is 16.8. The van der Waals surface area contributed by atoms with Crippen LogP contribution in [0.5, 0.6) is 0 Å². The van der Waals surface area contributed by atoms with Crippen molar-refractivity contribution in [3.05, 3.63) is 29.8 Å². The first-order valence-corrected chi connectivity index (χ1v) is 9.13. The van der Waals surface area contributed by atoms with E-state index in [0.29, 0.717) is 13.0 Å². The van der Waals surface area contributed by atoms with Crippen LogP contribution in [0.15, 0.2) is 24.3 Å². The van der Waals surface area contributed by atoms with Gasteiger partial charge in [-0.15, -0.1) is 0 Å². The molecule has 132 valence electrons. The van der Waals surface area contributed by atoms with Crippen LogP contribution in [0.1, 0.15) is 24.8 Å². The third-order valence-corrected chi connectivity index (χ3v) is 4.95. The third kappa shape index (κ3) is 4.95. The number of hydrogen-bond acceptors (Lipinski definition) is 4. The van der Waals surface area contributed by atoms with E-state index >= 15 is 0 Å². The number of ether oxygens (including phenoxy) is 1. The number of piperazine rings is 1. The first-order valence-electron chi connectivity index (χ1n) is 9.13. The van der Waals surface area contributed by atoms with Crippen LogP contribution in [0, 0.1) is 6.92 Å². The molecule has 5 heteroatoms. The van der Waals surface area contributed by atoms with Crippen molar-refractivity contribution in [1.29, 1.82) is 0 Å². The van der Waals surface area contributed by atoms with Gasteiger partial charge in [-0.25, -0.2) is 0 Å². The maximum Gasteiger partial charge on any atom is 0.221 e. The molecule has 2 aliphatic heterocycles. The quantitative estimate of drug-likeness (QED) is 0.863. The van der Waals surface area contributed by atoms with Gasteiger partial charge in [0, 0.05) is 58.0 Å². The predicted molar refractivity (Wildman–Crippen MR) is 96.4 cm³/mol. The molecular weight excluding hydrogens is 302 g/mol. The molecule has 0 radical (unpaired) electrons. The van der Waals surface area contributed by atoms with Gasteiger partial charge < -0.3 is 15.0 Å². The van der Waals surface area contributed by atoms with Crippen LogP contribution in [-0.4, -0.2) is 62.8 Å². The molecule has 0 bridgehead atoms. The summed E-state index contributed by atoms with van der Waals surface area (Å²) in [6.07, 6.45) is 3.00. The molecule has 1 N–H and O–H groups in total. The summed E-state index contributed by atoms with van der Waals surface area (Å²) in [4.78, 5) is 16.8. The topological polar surface area (TPSA) is 44.8 Å². The van der Waals surface area contributed by atoms with Crippen LogP contribution in [0.2, 0.25) is 0 Å². The zero-order valence-electron chi connectivity index (χ0n) is 14.7. The van der Waals surface area contributed by atoms with Crippen molar-refractivity contribution in [2.24, 2.45) is 0 Å². The van der Waals surface area contributed by atoms with Gasteiger partial charge in [-0.2, -0.15) is 0 Å². The van der Waals surface area contributed by atoms with Crippen LogP contribution >= 0.6 is 0 Å². The summed E-state index contributed by atoms with van der Waals surface area (Å²) < 4.78 is 5.53. The number of carbonyl (C=O) groups is 1. The van der Waals surface area contributed by atoms with Gasteiger partial charge in [0.2, 0.25) is 5.91 Å². The standard InChI is InChI=1S/C19H29N3O2/c1-16-4-2-5-17(14-16)22-11-9-21(10-12-22)8-7-19(23)20-15-18-6-3-13-24-18/h2,4-5,14,18H,3,6-13,15H2,1H3,(H,20,23)/t18-/m0/s1. The Morgan fingerprint density at radius 2 is 2.12 bits per heavy atom. The first-order chi connectivity index (χ1) is 11.7. The Kier molecular flexibility index (Phi) is 6.10. The summed E-state index contributed by atoms with van der Waals surface area (Å²) in [5.41, 5.74) is 2.61. The molecule has 1 amide bonds. The molecule has 3 rings (SSSR count). The number of anilines is 1. The molecule has 2 aliphatic rings. The highest BCUT2D eigenvalue weighted by Crippen LogP contribution is 2.17. The number of amides is 1. The molecular formula is C19H29N3O2. The second kappa shape index (κ2) is 8.49. The van der Waals surface area contributed by atoms with Crippen LogP contribution in [-0.2, 0) is 9.53 Å². The highest BCUT2D eigenvalue weighted by atomic mass is 16.5. The van der Waals surface area contributed by atoms with Gasteiger partial charge in [0.15, 0.2) is 0 Å². The van der Waals surface area contributed by atoms with E-state index < -0.39 is 0 Å². The average molecular weight is 331 g/mol. The van der Waals surface area contributed by atoms with E-state index in [1.807, 2.05) is 0 Å². The second-order valence-corrected chi connectivity index (χ2v) is 6.86. The molecule has 0 saturated carbocycles. The number of aryl methyl sites for hydroxylation is 1. The van der Waals surface area contributed by atoms with Gasteiger partial charge in [-0.3, -0.25) is 9.69 Å². The van der Waals surface area contributed by atoms with Crippen molar-refractivity contribution in [2.45, 2.75) is 32.3 Å². The van der Waals surface area contributed by atoms with Gasteiger partial charge in [0.1, 0.15) is 0 Å². The highest BCUT2D eigenvalue weighted by molar-refractivity contribution is 5.76. The van der Waals surface area contributed by atoms with Crippen LogP contribution < -0.4 is 10.2 Å². The third-order valence-electron chi connectivity index (χ3n) is 4.95. The lowest BCUT2D eigenvalue weighted by Gasteiger charge is -2.36. The molecule has 0 aromatic heterocycles. The summed E-state index contributed by atoms with van der Waals surface area (Å²) in [5.74, 6) is 0.145. The Morgan fingerprint density at radius 1 is 1.29 bits per heavy atom. The van der Waals surface area contributed by atoms with Gasteiger partial charge in [-0.1, -0.05) is 12.1 Å². The van der Waals surface area contributed by atoms with E-state index in [4.69, 9.17) is 4.74 Å². The summed E-state index contributed by atoms with van der Waals surface area (Å²) in [6.45, 7) is 8.58. The molecule has 2 saturated heterocycles. The lowest BCUT2D eigenvalue weighted by molar-refractivity contribution is -0.121. The van der Waals surface area contributed by atoms with E-state index in [0.717, 1.165) is 52.2 Å². The van der Waals surface area contributed by atoms with Crippen molar-refractivity contribution in [3.8, 4) is 0 Å². The van der Waals surface area contributed by atoms with E-state index in [9.17, 15) is 4.79 Å². The van der Waals surface area contributed by atoms with Crippen molar-refractivity contribution in [2.75, 3.05) is 50.8 Å². The smallest absolute Gasteiger partial charge is 0.221 e. The Hall–Kier alpha value is -1.59. The molecule has 24 heavy (non-hydrogen) atoms. The minimum Gasteiger partial charge on any atom is -0.376 e. The molecule has 2 heterocycles. The molecule has 0 unspecified atom stereocenters. The van der Waals surface area contributed by atoms with E-state index in [-0.39, 0.29) is 12.0 Å². The number of nitrogens with zero attached hydrogens (tertiary/aromatic N) is 2. The number of nitrogens with one attached hydrogen (secondary N) is 1. The lowest BCUT2D eigenvalue weighted by atomic mass is 10.2. The number of rotatable bonds is 6. The summed E-state index contributed by atoms with van der Waals surface area (Å²) in [7, 11) is 0. The number of benzene rings is 1. The largest absolute Gasteiger partial charge is 0.376 e. The Balaban J connectivity index is 1.34. The number of carbonyl (C=O) groups excluding carboxylic acids is 1. The Bertz CT molecular complexity index is 535. The zero-order valence-corrected chi connectivity index (χ0v) is 14.7. The summed E-state index contributed by atoms with van der Waals surface area (Å²) >= 11 is 0. The van der Waals surface area contributed by atoms with Gasteiger partial charge in [0.05, 0.1) is 6.10 Å². The van der Waals surface area contributed by atoms with Crippen molar-refractivity contribution >= 4 is 11.6 Å². The minimum absolute atomic E-state index is 0.145. The van der Waals surface area contributed by atoms with Gasteiger partial charge in [-0.05, 0) is 37.5 Å².